The number of alkyl carbamates (subject to hydrolysis) is 1. The van der Waals surface area contributed by atoms with Gasteiger partial charge in [0.2, 0.25) is 0 Å². The summed E-state index contributed by atoms with van der Waals surface area (Å²) in [4.78, 5) is 15.1. The number of aromatic nitrogens is 1. The number of aliphatic hydroxyl groups excluding tert-OH is 2. The molecule has 0 aliphatic rings. The molecule has 0 saturated heterocycles. The molecule has 3 N–H and O–H groups in total. The molecule has 0 radical (unpaired) electrons. The minimum absolute atomic E-state index is 0.0376. The van der Waals surface area contributed by atoms with Crippen molar-refractivity contribution in [2.45, 2.75) is 31.4 Å². The molecule has 0 fully saturated rings. The SMILES string of the molecule is O=C(NCCC(O)C(O)c1ncc(C(F)(F)F)cc1Cl)OCc1ccccc1. The molecule has 6 nitrogen and oxygen atoms in total. The zero-order valence-corrected chi connectivity index (χ0v) is 15.2. The number of carbonyl (C=O) groups is 1. The van der Waals surface area contributed by atoms with Crippen LogP contribution in [0.25, 0.3) is 0 Å². The summed E-state index contributed by atoms with van der Waals surface area (Å²) < 4.78 is 42.8. The topological polar surface area (TPSA) is 91.7 Å². The van der Waals surface area contributed by atoms with Crippen LogP contribution in [0.5, 0.6) is 0 Å². The highest BCUT2D eigenvalue weighted by molar-refractivity contribution is 6.31. The molecule has 10 heteroatoms. The van der Waals surface area contributed by atoms with E-state index >= 15 is 0 Å². The molecule has 0 aliphatic heterocycles. The summed E-state index contributed by atoms with van der Waals surface area (Å²) in [5.41, 5.74) is -0.546. The summed E-state index contributed by atoms with van der Waals surface area (Å²) in [6, 6.07) is 9.62. The van der Waals surface area contributed by atoms with Crippen LogP contribution in [0.4, 0.5) is 18.0 Å². The number of ether oxygens (including phenoxy) is 1. The molecule has 2 atom stereocenters. The number of benzene rings is 1. The zero-order valence-electron chi connectivity index (χ0n) is 14.5. The molecule has 0 spiro atoms. The smallest absolute Gasteiger partial charge is 0.417 e. The molecular formula is C18H18ClF3N2O4. The Hall–Kier alpha value is -2.36. The molecule has 152 valence electrons. The largest absolute Gasteiger partial charge is 0.445 e. The predicted octanol–water partition coefficient (Wildman–Crippen LogP) is 3.46. The highest BCUT2D eigenvalue weighted by Gasteiger charge is 2.32. The van der Waals surface area contributed by atoms with Crippen molar-refractivity contribution in [3.8, 4) is 0 Å². The molecule has 2 unspecified atom stereocenters. The Morgan fingerprint density at radius 1 is 1.25 bits per heavy atom. The molecule has 2 rings (SSSR count). The van der Waals surface area contributed by atoms with Gasteiger partial charge in [-0.05, 0) is 18.1 Å². The van der Waals surface area contributed by atoms with E-state index in [1.54, 1.807) is 24.3 Å². The first-order chi connectivity index (χ1) is 13.2. The van der Waals surface area contributed by atoms with Crippen molar-refractivity contribution in [1.29, 1.82) is 0 Å². The third-order valence-electron chi connectivity index (χ3n) is 3.76. The van der Waals surface area contributed by atoms with Crippen molar-refractivity contribution in [2.75, 3.05) is 6.54 Å². The van der Waals surface area contributed by atoms with Crippen molar-refractivity contribution < 1.29 is 32.9 Å². The number of aliphatic hydroxyl groups is 2. The summed E-state index contributed by atoms with van der Waals surface area (Å²) >= 11 is 5.73. The number of hydrogen-bond donors (Lipinski definition) is 3. The van der Waals surface area contributed by atoms with Gasteiger partial charge in [0, 0.05) is 12.7 Å². The number of alkyl halides is 3. The number of halogens is 4. The van der Waals surface area contributed by atoms with Crippen molar-refractivity contribution in [1.82, 2.24) is 10.3 Å². The minimum Gasteiger partial charge on any atom is -0.445 e. The summed E-state index contributed by atoms with van der Waals surface area (Å²) in [5.74, 6) is 0. The van der Waals surface area contributed by atoms with E-state index in [2.05, 4.69) is 10.3 Å². The van der Waals surface area contributed by atoms with E-state index in [4.69, 9.17) is 16.3 Å². The Kier molecular flexibility index (Phi) is 7.61. The minimum atomic E-state index is -4.62. The van der Waals surface area contributed by atoms with Gasteiger partial charge >= 0.3 is 12.3 Å². The maximum Gasteiger partial charge on any atom is 0.417 e. The third-order valence-corrected chi connectivity index (χ3v) is 4.07. The Morgan fingerprint density at radius 3 is 2.54 bits per heavy atom. The molecule has 2 aromatic rings. The van der Waals surface area contributed by atoms with Crippen molar-refractivity contribution in [3.63, 3.8) is 0 Å². The average Bonchev–Trinajstić information content (AvgIpc) is 2.65. The number of nitrogens with zero attached hydrogens (tertiary/aromatic N) is 1. The van der Waals surface area contributed by atoms with Gasteiger partial charge < -0.3 is 20.3 Å². The van der Waals surface area contributed by atoms with Crippen molar-refractivity contribution in [2.24, 2.45) is 0 Å². The Morgan fingerprint density at radius 2 is 1.93 bits per heavy atom. The number of carbonyl (C=O) groups excluding carboxylic acids is 1. The lowest BCUT2D eigenvalue weighted by Gasteiger charge is -2.19. The second-order valence-electron chi connectivity index (χ2n) is 5.88. The van der Waals surface area contributed by atoms with Gasteiger partial charge in [-0.3, -0.25) is 4.98 Å². The zero-order chi connectivity index (χ0) is 20.7. The van der Waals surface area contributed by atoms with Gasteiger partial charge in [-0.2, -0.15) is 13.2 Å². The van der Waals surface area contributed by atoms with Crippen LogP contribution in [0, 0.1) is 0 Å². The molecule has 1 amide bonds. The highest BCUT2D eigenvalue weighted by Crippen LogP contribution is 2.33. The van der Waals surface area contributed by atoms with Crippen molar-refractivity contribution >= 4 is 17.7 Å². The second-order valence-corrected chi connectivity index (χ2v) is 6.29. The Balaban J connectivity index is 1.80. The van der Waals surface area contributed by atoms with Crippen LogP contribution in [0.1, 0.15) is 29.3 Å². The van der Waals surface area contributed by atoms with Crippen LogP contribution >= 0.6 is 11.6 Å². The average molecular weight is 419 g/mol. The van der Waals surface area contributed by atoms with E-state index in [0.29, 0.717) is 12.3 Å². The molecule has 1 heterocycles. The van der Waals surface area contributed by atoms with Gasteiger partial charge in [-0.15, -0.1) is 0 Å². The fourth-order valence-corrected chi connectivity index (χ4v) is 2.54. The number of hydrogen-bond acceptors (Lipinski definition) is 5. The maximum absolute atomic E-state index is 12.6. The normalized spacial score (nSPS) is 13.6. The summed E-state index contributed by atoms with van der Waals surface area (Å²) in [6.45, 7) is 0.0348. The number of amides is 1. The Labute approximate surface area is 163 Å². The van der Waals surface area contributed by atoms with Gasteiger partial charge in [0.1, 0.15) is 12.7 Å². The predicted molar refractivity (Wildman–Crippen MR) is 94.5 cm³/mol. The van der Waals surface area contributed by atoms with Gasteiger partial charge in [-0.25, -0.2) is 4.79 Å². The number of rotatable bonds is 7. The molecule has 1 aromatic heterocycles. The van der Waals surface area contributed by atoms with Gasteiger partial charge in [-0.1, -0.05) is 41.9 Å². The van der Waals surface area contributed by atoms with Crippen LogP contribution in [-0.4, -0.2) is 33.9 Å². The summed E-state index contributed by atoms with van der Waals surface area (Å²) in [7, 11) is 0. The molecular weight excluding hydrogens is 401 g/mol. The van der Waals surface area contributed by atoms with Crippen LogP contribution in [0.3, 0.4) is 0 Å². The lowest BCUT2D eigenvalue weighted by atomic mass is 10.1. The maximum atomic E-state index is 12.6. The fraction of sp³-hybridized carbons (Fsp3) is 0.333. The number of pyridine rings is 1. The van der Waals surface area contributed by atoms with E-state index in [9.17, 15) is 28.2 Å². The first-order valence-corrected chi connectivity index (χ1v) is 8.59. The van der Waals surface area contributed by atoms with Gasteiger partial charge in [0.05, 0.1) is 22.4 Å². The summed E-state index contributed by atoms with van der Waals surface area (Å²) in [6.07, 6.45) is -7.93. The molecule has 0 bridgehead atoms. The Bertz CT molecular complexity index is 790. The van der Waals surface area contributed by atoms with Crippen LogP contribution in [0.15, 0.2) is 42.6 Å². The first kappa shape index (κ1) is 21.9. The molecule has 0 saturated carbocycles. The fourth-order valence-electron chi connectivity index (χ4n) is 2.26. The van der Waals surface area contributed by atoms with E-state index in [1.165, 1.54) is 0 Å². The highest BCUT2D eigenvalue weighted by atomic mass is 35.5. The van der Waals surface area contributed by atoms with Crippen molar-refractivity contribution in [3.05, 3.63) is 64.4 Å². The van der Waals surface area contributed by atoms with E-state index < -0.39 is 35.1 Å². The summed E-state index contributed by atoms with van der Waals surface area (Å²) in [5, 5.41) is 22.0. The van der Waals surface area contributed by atoms with Gasteiger partial charge in [0.15, 0.2) is 0 Å². The van der Waals surface area contributed by atoms with Crippen LogP contribution in [-0.2, 0) is 17.5 Å². The van der Waals surface area contributed by atoms with E-state index in [0.717, 1.165) is 5.56 Å². The van der Waals surface area contributed by atoms with E-state index in [-0.39, 0.29) is 25.3 Å². The quantitative estimate of drug-likeness (QED) is 0.640. The first-order valence-electron chi connectivity index (χ1n) is 8.22. The lowest BCUT2D eigenvalue weighted by molar-refractivity contribution is -0.137. The molecule has 28 heavy (non-hydrogen) atoms. The number of nitrogens with one attached hydrogen (secondary N) is 1. The van der Waals surface area contributed by atoms with E-state index in [1.807, 2.05) is 6.07 Å². The molecule has 0 aliphatic carbocycles. The van der Waals surface area contributed by atoms with Gasteiger partial charge in [0.25, 0.3) is 0 Å². The third kappa shape index (κ3) is 6.36. The molecule has 1 aromatic carbocycles. The standard InChI is InChI=1S/C18H18ClF3N2O4/c19-13-8-12(18(20,21)22)9-24-15(13)16(26)14(25)6-7-23-17(27)28-10-11-4-2-1-3-5-11/h1-5,8-9,14,16,25-26H,6-7,10H2,(H,23,27). The lowest BCUT2D eigenvalue weighted by Crippen LogP contribution is -2.30. The monoisotopic (exact) mass is 418 g/mol. The van der Waals surface area contributed by atoms with Crippen LogP contribution in [0.2, 0.25) is 5.02 Å². The van der Waals surface area contributed by atoms with Crippen LogP contribution < -0.4 is 5.32 Å². The second kappa shape index (κ2) is 9.72.